The molecule has 0 saturated heterocycles. The van der Waals surface area contributed by atoms with Gasteiger partial charge in [0.15, 0.2) is 0 Å². The number of nitrogens with one attached hydrogen (secondary N) is 1. The van der Waals surface area contributed by atoms with Crippen molar-refractivity contribution in [1.29, 1.82) is 0 Å². The Morgan fingerprint density at radius 3 is 2.19 bits per heavy atom. The fourth-order valence-electron chi connectivity index (χ4n) is 2.23. The molecule has 0 amide bonds. The summed E-state index contributed by atoms with van der Waals surface area (Å²) in [5, 5.41) is 2.21. The summed E-state index contributed by atoms with van der Waals surface area (Å²) in [4.78, 5) is 36.6. The van der Waals surface area contributed by atoms with E-state index in [9.17, 15) is 9.13 Å². The third kappa shape index (κ3) is 6.25. The molecule has 0 unspecified atom stereocenters. The van der Waals surface area contributed by atoms with Crippen LogP contribution in [0.15, 0.2) is 48.5 Å². The molecule has 142 valence electrons. The average Bonchev–Trinajstić information content (AvgIpc) is 2.53. The van der Waals surface area contributed by atoms with E-state index in [0.717, 1.165) is 11.1 Å². The van der Waals surface area contributed by atoms with Gasteiger partial charge in [0.05, 0.1) is 6.61 Å². The molecule has 0 aliphatic carbocycles. The summed E-state index contributed by atoms with van der Waals surface area (Å²) in [7, 11) is -10.1. The minimum Gasteiger partial charge on any atom is -0.493 e. The molecule has 0 bridgehead atoms. The molecule has 0 radical (unpaired) electrons. The first kappa shape index (κ1) is 20.6. The Morgan fingerprint density at radius 2 is 1.62 bits per heavy atom. The Balaban J connectivity index is 2.01. The van der Waals surface area contributed by atoms with Crippen LogP contribution in [0.3, 0.4) is 0 Å². The van der Waals surface area contributed by atoms with Gasteiger partial charge in [0.1, 0.15) is 5.75 Å². The number of aryl methyl sites for hydroxylation is 1. The zero-order valence-electron chi connectivity index (χ0n) is 14.0. The van der Waals surface area contributed by atoms with Gasteiger partial charge >= 0.3 is 15.2 Å². The quantitative estimate of drug-likeness (QED) is 0.426. The maximum Gasteiger partial charge on any atom is 0.360 e. The predicted molar refractivity (Wildman–Crippen MR) is 98.3 cm³/mol. The number of hydrogen-bond donors (Lipinski definition) is 5. The fraction of sp³-hybridized carbons (Fsp3) is 0.250. The van der Waals surface area contributed by atoms with Crippen LogP contribution in [0.2, 0.25) is 0 Å². The summed E-state index contributed by atoms with van der Waals surface area (Å²) >= 11 is 0. The molecule has 0 saturated carbocycles. The molecule has 5 N–H and O–H groups in total. The van der Waals surface area contributed by atoms with Crippen LogP contribution in [0.1, 0.15) is 11.1 Å². The Hall–Kier alpha value is -1.66. The van der Waals surface area contributed by atoms with Gasteiger partial charge in [0, 0.05) is 18.2 Å². The maximum atomic E-state index is 11.3. The Morgan fingerprint density at radius 1 is 1.00 bits per heavy atom. The number of rotatable bonds is 8. The van der Waals surface area contributed by atoms with Crippen molar-refractivity contribution in [3.05, 3.63) is 59.7 Å². The molecule has 0 atom stereocenters. The van der Waals surface area contributed by atoms with Crippen LogP contribution in [0.25, 0.3) is 0 Å². The third-order valence-corrected chi connectivity index (χ3v) is 6.88. The Kier molecular flexibility index (Phi) is 6.64. The second kappa shape index (κ2) is 8.35. The highest BCUT2D eigenvalue weighted by molar-refractivity contribution is 7.71. The number of ether oxygens (including phenoxy) is 1. The molecule has 0 aliphatic rings. The first-order chi connectivity index (χ1) is 12.1. The standard InChI is InChI=1S/C16H21NO7P2/c1-12-5-7-13(8-6-12)9-10-24-15-4-2-3-14(11-15)17-16(25(18,19)20)26(21,22)23/h2-8,11,16-17H,9-10H2,1H3,(H2,18,19,20)(H2,21,22,23). The molecule has 0 aromatic heterocycles. The zero-order chi connectivity index (χ0) is 19.4. The van der Waals surface area contributed by atoms with Crippen LogP contribution in [0.4, 0.5) is 5.69 Å². The van der Waals surface area contributed by atoms with Crippen molar-refractivity contribution in [2.24, 2.45) is 0 Å². The van der Waals surface area contributed by atoms with Crippen molar-refractivity contribution in [1.82, 2.24) is 0 Å². The number of anilines is 1. The van der Waals surface area contributed by atoms with E-state index in [1.807, 2.05) is 31.2 Å². The summed E-state index contributed by atoms with van der Waals surface area (Å²) < 4.78 is 28.3. The van der Waals surface area contributed by atoms with Gasteiger partial charge in [-0.1, -0.05) is 35.9 Å². The predicted octanol–water partition coefficient (Wildman–Crippen LogP) is 2.67. The monoisotopic (exact) mass is 401 g/mol. The van der Waals surface area contributed by atoms with Crippen LogP contribution in [0, 0.1) is 6.92 Å². The summed E-state index contributed by atoms with van der Waals surface area (Å²) in [6, 6.07) is 14.1. The van der Waals surface area contributed by atoms with Crippen LogP contribution in [-0.2, 0) is 15.6 Å². The molecule has 2 rings (SSSR count). The van der Waals surface area contributed by atoms with Crippen molar-refractivity contribution in [3.8, 4) is 5.75 Å². The summed E-state index contributed by atoms with van der Waals surface area (Å²) in [5.41, 5.74) is 0.0957. The third-order valence-electron chi connectivity index (χ3n) is 3.55. The van der Waals surface area contributed by atoms with Gasteiger partial charge in [0.2, 0.25) is 5.52 Å². The van der Waals surface area contributed by atoms with E-state index >= 15 is 0 Å². The van der Waals surface area contributed by atoms with Gasteiger partial charge in [-0.3, -0.25) is 9.13 Å². The lowest BCUT2D eigenvalue weighted by molar-refractivity contribution is 0.322. The fourth-order valence-corrected chi connectivity index (χ4v) is 4.43. The summed E-state index contributed by atoms with van der Waals surface area (Å²) in [6.45, 7) is 2.38. The number of hydrogen-bond acceptors (Lipinski definition) is 4. The van der Waals surface area contributed by atoms with Crippen molar-refractivity contribution < 1.29 is 33.4 Å². The van der Waals surface area contributed by atoms with Gasteiger partial charge in [-0.05, 0) is 24.6 Å². The van der Waals surface area contributed by atoms with Gasteiger partial charge in [-0.2, -0.15) is 0 Å². The first-order valence-corrected chi connectivity index (χ1v) is 11.1. The van der Waals surface area contributed by atoms with Crippen molar-refractivity contribution >= 4 is 20.9 Å². The van der Waals surface area contributed by atoms with Gasteiger partial charge in [-0.25, -0.2) is 0 Å². The molecule has 10 heteroatoms. The van der Waals surface area contributed by atoms with E-state index in [2.05, 4.69) is 5.32 Å². The molecular weight excluding hydrogens is 380 g/mol. The van der Waals surface area contributed by atoms with E-state index in [1.54, 1.807) is 12.1 Å². The molecular formula is C16H21NO7P2. The van der Waals surface area contributed by atoms with Crippen molar-refractivity contribution in [2.45, 2.75) is 18.9 Å². The lowest BCUT2D eigenvalue weighted by Gasteiger charge is -2.22. The molecule has 0 spiro atoms. The maximum absolute atomic E-state index is 11.3. The second-order valence-electron chi connectivity index (χ2n) is 5.81. The normalized spacial score (nSPS) is 12.2. The van der Waals surface area contributed by atoms with Crippen LogP contribution in [-0.4, -0.2) is 31.7 Å². The van der Waals surface area contributed by atoms with Crippen LogP contribution in [0.5, 0.6) is 5.75 Å². The number of benzene rings is 2. The second-order valence-corrected chi connectivity index (χ2v) is 9.60. The van der Waals surface area contributed by atoms with E-state index in [-0.39, 0.29) is 5.69 Å². The molecule has 2 aromatic carbocycles. The SMILES string of the molecule is Cc1ccc(CCOc2cccc(NC(P(=O)(O)O)P(=O)(O)O)c2)cc1. The lowest BCUT2D eigenvalue weighted by atomic mass is 10.1. The smallest absolute Gasteiger partial charge is 0.360 e. The molecule has 8 nitrogen and oxygen atoms in total. The molecule has 0 fully saturated rings. The molecule has 0 heterocycles. The minimum atomic E-state index is -5.06. The highest BCUT2D eigenvalue weighted by Gasteiger charge is 2.43. The summed E-state index contributed by atoms with van der Waals surface area (Å²) in [6.07, 6.45) is 0.672. The minimum absolute atomic E-state index is 0.134. The highest BCUT2D eigenvalue weighted by Crippen LogP contribution is 2.59. The van der Waals surface area contributed by atoms with E-state index < -0.39 is 20.7 Å². The largest absolute Gasteiger partial charge is 0.493 e. The molecule has 0 aliphatic heterocycles. The first-order valence-electron chi connectivity index (χ1n) is 7.71. The van der Waals surface area contributed by atoms with E-state index in [1.165, 1.54) is 12.1 Å². The average molecular weight is 401 g/mol. The Bertz CT molecular complexity index is 807. The van der Waals surface area contributed by atoms with Crippen molar-refractivity contribution in [3.63, 3.8) is 0 Å². The highest BCUT2D eigenvalue weighted by atomic mass is 31.2. The van der Waals surface area contributed by atoms with E-state index in [4.69, 9.17) is 24.3 Å². The summed E-state index contributed by atoms with van der Waals surface area (Å²) in [5.74, 6) is 0.414. The van der Waals surface area contributed by atoms with Crippen LogP contribution >= 0.6 is 15.2 Å². The zero-order valence-corrected chi connectivity index (χ0v) is 15.8. The van der Waals surface area contributed by atoms with Gasteiger partial charge in [-0.15, -0.1) is 0 Å². The van der Waals surface area contributed by atoms with Crippen molar-refractivity contribution in [2.75, 3.05) is 11.9 Å². The Labute approximate surface area is 151 Å². The topological polar surface area (TPSA) is 136 Å². The lowest BCUT2D eigenvalue weighted by Crippen LogP contribution is -2.19. The van der Waals surface area contributed by atoms with Gasteiger partial charge < -0.3 is 29.6 Å². The molecule has 26 heavy (non-hydrogen) atoms. The van der Waals surface area contributed by atoms with Gasteiger partial charge in [0.25, 0.3) is 0 Å². The molecule has 2 aromatic rings. The van der Waals surface area contributed by atoms with Crippen LogP contribution < -0.4 is 10.1 Å². The van der Waals surface area contributed by atoms with E-state index in [0.29, 0.717) is 18.8 Å².